The van der Waals surface area contributed by atoms with E-state index in [4.69, 9.17) is 0 Å². The Kier molecular flexibility index (Phi) is 5.01. The van der Waals surface area contributed by atoms with Crippen LogP contribution in [0.15, 0.2) is 110 Å². The van der Waals surface area contributed by atoms with Gasteiger partial charge in [-0.3, -0.25) is 0 Å². The van der Waals surface area contributed by atoms with Crippen molar-refractivity contribution in [2.75, 3.05) is 0 Å². The van der Waals surface area contributed by atoms with Crippen molar-refractivity contribution in [2.45, 2.75) is 31.1 Å². The highest BCUT2D eigenvalue weighted by atomic mass is 14.4. The van der Waals surface area contributed by atoms with Gasteiger partial charge in [-0.2, -0.15) is 0 Å². The van der Waals surface area contributed by atoms with Crippen LogP contribution in [0.4, 0.5) is 0 Å². The smallest absolute Gasteiger partial charge is 0.0303 e. The van der Waals surface area contributed by atoms with E-state index in [2.05, 4.69) is 110 Å². The summed E-state index contributed by atoms with van der Waals surface area (Å²) in [7, 11) is 0. The molecule has 0 radical (unpaired) electrons. The summed E-state index contributed by atoms with van der Waals surface area (Å²) in [5.41, 5.74) is 8.62. The van der Waals surface area contributed by atoms with Gasteiger partial charge in [0, 0.05) is 11.3 Å². The lowest BCUT2D eigenvalue weighted by Crippen LogP contribution is -2.35. The van der Waals surface area contributed by atoms with Gasteiger partial charge in [0.25, 0.3) is 0 Å². The molecule has 0 heteroatoms. The van der Waals surface area contributed by atoms with Crippen molar-refractivity contribution >= 4 is 0 Å². The number of benzene rings is 3. The molecule has 0 fully saturated rings. The molecule has 3 aromatic carbocycles. The van der Waals surface area contributed by atoms with Gasteiger partial charge in [0.05, 0.1) is 0 Å². The molecular formula is C30H28. The monoisotopic (exact) mass is 388 g/mol. The summed E-state index contributed by atoms with van der Waals surface area (Å²) in [5, 5.41) is 0. The van der Waals surface area contributed by atoms with Crippen molar-refractivity contribution < 1.29 is 0 Å². The molecule has 0 saturated carbocycles. The van der Waals surface area contributed by atoms with Crippen LogP contribution in [0.5, 0.6) is 0 Å². The zero-order valence-corrected chi connectivity index (χ0v) is 17.4. The molecule has 0 heterocycles. The average Bonchev–Trinajstić information content (AvgIpc) is 3.46. The maximum absolute atomic E-state index is 3.98. The van der Waals surface area contributed by atoms with E-state index in [1.54, 1.807) is 0 Å². The molecule has 0 bridgehead atoms. The zero-order chi connectivity index (χ0) is 20.4. The third kappa shape index (κ3) is 2.99. The molecule has 0 nitrogen and oxygen atoms in total. The number of rotatable bonds is 7. The molecule has 0 aromatic heterocycles. The molecule has 5 rings (SSSR count). The Morgan fingerprint density at radius 1 is 0.833 bits per heavy atom. The molecule has 30 heavy (non-hydrogen) atoms. The lowest BCUT2D eigenvalue weighted by molar-refractivity contribution is 0.395. The molecule has 0 spiro atoms. The van der Waals surface area contributed by atoms with E-state index >= 15 is 0 Å². The number of unbranched alkanes of at least 4 members (excludes halogenated alkanes) is 1. The van der Waals surface area contributed by atoms with Crippen molar-refractivity contribution in [3.63, 3.8) is 0 Å². The van der Waals surface area contributed by atoms with Crippen LogP contribution in [-0.2, 0) is 11.8 Å². The lowest BCUT2D eigenvalue weighted by Gasteiger charge is -2.41. The van der Waals surface area contributed by atoms with Crippen LogP contribution in [0.1, 0.15) is 41.5 Å². The zero-order valence-electron chi connectivity index (χ0n) is 17.4. The first-order valence-electron chi connectivity index (χ1n) is 11.1. The SMILES string of the molecule is C=CCCCC(c1ccccc1)(c1cccc2c1Cc1ccccc1-2)C1C=CC=C1. The lowest BCUT2D eigenvalue weighted by atomic mass is 9.62. The molecule has 3 aromatic rings. The van der Waals surface area contributed by atoms with E-state index in [-0.39, 0.29) is 5.41 Å². The molecule has 0 saturated heterocycles. The third-order valence-electron chi connectivity index (χ3n) is 6.92. The molecule has 1 unspecified atom stereocenters. The van der Waals surface area contributed by atoms with E-state index in [0.29, 0.717) is 5.92 Å². The van der Waals surface area contributed by atoms with Crippen LogP contribution >= 0.6 is 0 Å². The largest absolute Gasteiger partial charge is 0.103 e. The van der Waals surface area contributed by atoms with Crippen molar-refractivity contribution in [3.8, 4) is 11.1 Å². The van der Waals surface area contributed by atoms with Crippen LogP contribution in [0, 0.1) is 5.92 Å². The second-order valence-corrected chi connectivity index (χ2v) is 8.48. The van der Waals surface area contributed by atoms with Gasteiger partial charge in [-0.25, -0.2) is 0 Å². The number of fused-ring (bicyclic) bond motifs is 3. The Balaban J connectivity index is 1.75. The molecule has 148 valence electrons. The number of hydrogen-bond donors (Lipinski definition) is 0. The maximum atomic E-state index is 3.98. The van der Waals surface area contributed by atoms with Crippen molar-refractivity contribution in [3.05, 3.63) is 132 Å². The van der Waals surface area contributed by atoms with E-state index in [1.165, 1.54) is 33.4 Å². The average molecular weight is 389 g/mol. The van der Waals surface area contributed by atoms with Gasteiger partial charge >= 0.3 is 0 Å². The van der Waals surface area contributed by atoms with Crippen LogP contribution in [0.2, 0.25) is 0 Å². The van der Waals surface area contributed by atoms with Gasteiger partial charge in [0.15, 0.2) is 0 Å². The number of allylic oxidation sites excluding steroid dienone is 5. The summed E-state index contributed by atoms with van der Waals surface area (Å²) in [6.07, 6.45) is 15.6. The van der Waals surface area contributed by atoms with Gasteiger partial charge in [-0.05, 0) is 59.1 Å². The minimum absolute atomic E-state index is 0.0683. The Morgan fingerprint density at radius 2 is 1.57 bits per heavy atom. The summed E-state index contributed by atoms with van der Waals surface area (Å²) < 4.78 is 0. The van der Waals surface area contributed by atoms with Crippen LogP contribution in [0.3, 0.4) is 0 Å². The minimum atomic E-state index is -0.0683. The molecule has 2 aliphatic rings. The quantitative estimate of drug-likeness (QED) is 0.225. The topological polar surface area (TPSA) is 0 Å². The van der Waals surface area contributed by atoms with E-state index in [1.807, 2.05) is 0 Å². The standard InChI is InChI=1S/C30H28/c1-2-3-11-21-30(25-16-8-9-17-25,24-14-5-4-6-15-24)29-20-12-19-27-26-18-10-7-13-23(26)22-28(27)29/h2,4-10,12-20,25H,1,3,11,21-22H2. The molecule has 0 N–H and O–H groups in total. The third-order valence-corrected chi connectivity index (χ3v) is 6.92. The van der Waals surface area contributed by atoms with Crippen LogP contribution in [0.25, 0.3) is 11.1 Å². The summed E-state index contributed by atoms with van der Waals surface area (Å²) in [4.78, 5) is 0. The van der Waals surface area contributed by atoms with Crippen molar-refractivity contribution in [1.82, 2.24) is 0 Å². The van der Waals surface area contributed by atoms with Gasteiger partial charge in [0.2, 0.25) is 0 Å². The molecule has 2 aliphatic carbocycles. The van der Waals surface area contributed by atoms with Crippen molar-refractivity contribution in [2.24, 2.45) is 5.92 Å². The predicted octanol–water partition coefficient (Wildman–Crippen LogP) is 7.64. The minimum Gasteiger partial charge on any atom is -0.103 e. The summed E-state index contributed by atoms with van der Waals surface area (Å²) in [6.45, 7) is 3.98. The normalized spacial score (nSPS) is 16.3. The summed E-state index contributed by atoms with van der Waals surface area (Å²) in [6, 6.07) is 27.0. The van der Waals surface area contributed by atoms with Gasteiger partial charge in [0.1, 0.15) is 0 Å². The fourth-order valence-electron chi connectivity index (χ4n) is 5.57. The fourth-order valence-corrected chi connectivity index (χ4v) is 5.57. The Bertz CT molecular complexity index is 1100. The predicted molar refractivity (Wildman–Crippen MR) is 128 cm³/mol. The highest BCUT2D eigenvalue weighted by molar-refractivity contribution is 5.79. The second-order valence-electron chi connectivity index (χ2n) is 8.48. The first-order valence-corrected chi connectivity index (χ1v) is 11.1. The van der Waals surface area contributed by atoms with E-state index in [0.717, 1.165) is 25.7 Å². The summed E-state index contributed by atoms with van der Waals surface area (Å²) in [5.74, 6) is 0.361. The van der Waals surface area contributed by atoms with Gasteiger partial charge < -0.3 is 0 Å². The molecule has 0 amide bonds. The highest BCUT2D eigenvalue weighted by Gasteiger charge is 2.42. The van der Waals surface area contributed by atoms with E-state index in [9.17, 15) is 0 Å². The summed E-state index contributed by atoms with van der Waals surface area (Å²) >= 11 is 0. The first kappa shape index (κ1) is 18.9. The van der Waals surface area contributed by atoms with Crippen LogP contribution < -0.4 is 0 Å². The Morgan fingerprint density at radius 3 is 2.37 bits per heavy atom. The number of hydrogen-bond acceptors (Lipinski definition) is 0. The molecule has 1 atom stereocenters. The van der Waals surface area contributed by atoms with Crippen molar-refractivity contribution in [1.29, 1.82) is 0 Å². The van der Waals surface area contributed by atoms with E-state index < -0.39 is 0 Å². The molecule has 0 aliphatic heterocycles. The van der Waals surface area contributed by atoms with Gasteiger partial charge in [-0.1, -0.05) is 103 Å². The Hall–Kier alpha value is -3.12. The first-order chi connectivity index (χ1) is 14.8. The van der Waals surface area contributed by atoms with Crippen LogP contribution in [-0.4, -0.2) is 0 Å². The Labute approximate surface area is 180 Å². The fraction of sp³-hybridized carbons (Fsp3) is 0.200. The second kappa shape index (κ2) is 7.95. The maximum Gasteiger partial charge on any atom is 0.0303 e. The molecular weight excluding hydrogens is 360 g/mol. The highest BCUT2D eigenvalue weighted by Crippen LogP contribution is 2.51. The van der Waals surface area contributed by atoms with Gasteiger partial charge in [-0.15, -0.1) is 6.58 Å².